The van der Waals surface area contributed by atoms with E-state index in [1.54, 1.807) is 6.08 Å². The van der Waals surface area contributed by atoms with Crippen LogP contribution in [0.2, 0.25) is 0 Å². The number of aliphatic hydroxyl groups excluding tert-OH is 6. The molecule has 0 radical (unpaired) electrons. The summed E-state index contributed by atoms with van der Waals surface area (Å²) in [7, 11) is 0. The molecule has 72 heavy (non-hydrogen) atoms. The van der Waals surface area contributed by atoms with Crippen LogP contribution >= 0.6 is 0 Å². The van der Waals surface area contributed by atoms with Crippen LogP contribution in [0.25, 0.3) is 0 Å². The molecule has 1 heterocycles. The van der Waals surface area contributed by atoms with E-state index in [1.165, 1.54) is 205 Å². The minimum Gasteiger partial charge on any atom is -0.394 e. The Morgan fingerprint density at radius 3 is 1.18 bits per heavy atom. The van der Waals surface area contributed by atoms with Gasteiger partial charge in [0.05, 0.1) is 25.4 Å². The van der Waals surface area contributed by atoms with Gasteiger partial charge in [0.15, 0.2) is 6.29 Å². The zero-order chi connectivity index (χ0) is 52.4. The molecule has 0 aromatic heterocycles. The highest BCUT2D eigenvalue weighted by Crippen LogP contribution is 2.23. The molecule has 1 rings (SSSR count). The largest absolute Gasteiger partial charge is 0.394 e. The predicted octanol–water partition coefficient (Wildman–Crippen LogP) is 14.5. The molecule has 0 aliphatic carbocycles. The van der Waals surface area contributed by atoms with E-state index in [9.17, 15) is 35.4 Å². The number of carbonyl (C=O) groups excluding carboxylic acids is 1. The van der Waals surface area contributed by atoms with E-state index in [1.807, 2.05) is 6.08 Å². The average Bonchev–Trinajstić information content (AvgIpc) is 3.38. The van der Waals surface area contributed by atoms with Crippen LogP contribution in [-0.2, 0) is 14.3 Å². The van der Waals surface area contributed by atoms with Crippen molar-refractivity contribution >= 4 is 5.91 Å². The third-order valence-corrected chi connectivity index (χ3v) is 14.8. The second-order valence-corrected chi connectivity index (χ2v) is 21.6. The second kappa shape index (κ2) is 51.5. The molecule has 424 valence electrons. The van der Waals surface area contributed by atoms with Crippen LogP contribution in [0.15, 0.2) is 36.5 Å². The maximum Gasteiger partial charge on any atom is 0.249 e. The first-order valence-electron chi connectivity index (χ1n) is 30.8. The lowest BCUT2D eigenvalue weighted by molar-refractivity contribution is -0.302. The van der Waals surface area contributed by atoms with Crippen LogP contribution in [0.1, 0.15) is 290 Å². The molecule has 1 aliphatic rings. The van der Waals surface area contributed by atoms with Crippen molar-refractivity contribution in [2.75, 3.05) is 13.2 Å². The molecule has 1 amide bonds. The molecule has 8 unspecified atom stereocenters. The standard InChI is InChI=1S/C62H117NO9/c1-3-5-7-9-11-13-15-16-17-18-19-20-21-22-23-24-25-26-27-28-29-30-31-32-33-34-35-36-37-38-39-41-43-45-47-49-51-56(66)61(70)63-54(53-71-62-60(69)59(68)58(67)57(52-64)72-62)55(65)50-48-46-44-42-40-14-12-10-8-6-4-2/h8,10,40,42,48,50,54-60,62,64-69H,3-7,9,11-39,41,43-47,49,51-53H2,1-2H3,(H,63,70)/b10-8+,42-40+,50-48+. The van der Waals surface area contributed by atoms with Crippen molar-refractivity contribution in [2.24, 2.45) is 0 Å². The SMILES string of the molecule is CCC/C=C/CC/C=C/CC/C=C/C(O)C(COC1OC(CO)C(O)C(O)C1O)NC(=O)C(O)CCCCCCCCCCCCCCCCCCCCCCCCCCCCCCCCCCCCCC. The van der Waals surface area contributed by atoms with Gasteiger partial charge in [-0.3, -0.25) is 4.79 Å². The van der Waals surface area contributed by atoms with Crippen LogP contribution in [0.4, 0.5) is 0 Å². The third kappa shape index (κ3) is 39.7. The van der Waals surface area contributed by atoms with E-state index in [-0.39, 0.29) is 6.61 Å². The number of nitrogens with one attached hydrogen (secondary N) is 1. The van der Waals surface area contributed by atoms with Gasteiger partial charge in [-0.2, -0.15) is 0 Å². The molecule has 1 fully saturated rings. The van der Waals surface area contributed by atoms with Gasteiger partial charge in [0.2, 0.25) is 5.91 Å². The molecule has 0 aromatic rings. The summed E-state index contributed by atoms with van der Waals surface area (Å²) in [4.78, 5) is 13.1. The quantitative estimate of drug-likeness (QED) is 0.0232. The molecule has 0 bridgehead atoms. The fourth-order valence-electron chi connectivity index (χ4n) is 9.85. The number of hydrogen-bond acceptors (Lipinski definition) is 9. The Bertz CT molecular complexity index is 1240. The minimum absolute atomic E-state index is 0.304. The number of amides is 1. The van der Waals surface area contributed by atoms with Crippen molar-refractivity contribution in [1.82, 2.24) is 5.32 Å². The van der Waals surface area contributed by atoms with E-state index in [2.05, 4.69) is 43.5 Å². The first-order chi connectivity index (χ1) is 35.3. The number of hydrogen-bond donors (Lipinski definition) is 7. The van der Waals surface area contributed by atoms with Crippen LogP contribution < -0.4 is 5.32 Å². The van der Waals surface area contributed by atoms with Crippen molar-refractivity contribution in [3.05, 3.63) is 36.5 Å². The Morgan fingerprint density at radius 2 is 0.819 bits per heavy atom. The fourth-order valence-corrected chi connectivity index (χ4v) is 9.85. The van der Waals surface area contributed by atoms with Gasteiger partial charge < -0.3 is 45.4 Å². The Labute approximate surface area is 443 Å². The fraction of sp³-hybridized carbons (Fsp3) is 0.887. The van der Waals surface area contributed by atoms with Crippen molar-refractivity contribution in [2.45, 2.75) is 339 Å². The van der Waals surface area contributed by atoms with Crippen molar-refractivity contribution < 1.29 is 44.9 Å². The molecule has 0 aromatic carbocycles. The van der Waals surface area contributed by atoms with Gasteiger partial charge in [-0.25, -0.2) is 0 Å². The molecule has 1 saturated heterocycles. The summed E-state index contributed by atoms with van der Waals surface area (Å²) in [5, 5.41) is 64.8. The van der Waals surface area contributed by atoms with Crippen molar-refractivity contribution in [1.29, 1.82) is 0 Å². The molecule has 10 heteroatoms. The van der Waals surface area contributed by atoms with Crippen LogP contribution in [0.5, 0.6) is 0 Å². The maximum atomic E-state index is 13.1. The van der Waals surface area contributed by atoms with Crippen LogP contribution in [-0.4, -0.2) is 98.7 Å². The normalized spacial score (nSPS) is 19.8. The number of ether oxygens (including phenoxy) is 2. The smallest absolute Gasteiger partial charge is 0.249 e. The summed E-state index contributed by atoms with van der Waals surface area (Å²) >= 11 is 0. The molecule has 0 spiro atoms. The highest BCUT2D eigenvalue weighted by molar-refractivity contribution is 5.80. The van der Waals surface area contributed by atoms with Crippen LogP contribution in [0, 0.1) is 0 Å². The second-order valence-electron chi connectivity index (χ2n) is 21.6. The van der Waals surface area contributed by atoms with Crippen molar-refractivity contribution in [3.8, 4) is 0 Å². The van der Waals surface area contributed by atoms with Gasteiger partial charge >= 0.3 is 0 Å². The molecular weight excluding hydrogens is 903 g/mol. The predicted molar refractivity (Wildman–Crippen MR) is 301 cm³/mol. The van der Waals surface area contributed by atoms with Crippen molar-refractivity contribution in [3.63, 3.8) is 0 Å². The highest BCUT2D eigenvalue weighted by atomic mass is 16.7. The zero-order valence-corrected chi connectivity index (χ0v) is 46.8. The topological polar surface area (TPSA) is 169 Å². The van der Waals surface area contributed by atoms with Crippen LogP contribution in [0.3, 0.4) is 0 Å². The average molecular weight is 1020 g/mol. The van der Waals surface area contributed by atoms with E-state index < -0.39 is 61.5 Å². The number of aliphatic hydroxyl groups is 6. The summed E-state index contributed by atoms with van der Waals surface area (Å²) < 4.78 is 11.1. The van der Waals surface area contributed by atoms with Gasteiger partial charge in [0.1, 0.15) is 30.5 Å². The summed E-state index contributed by atoms with van der Waals surface area (Å²) in [6.45, 7) is 3.53. The van der Waals surface area contributed by atoms with Gasteiger partial charge in [-0.1, -0.05) is 288 Å². The van der Waals surface area contributed by atoms with Gasteiger partial charge in [0, 0.05) is 0 Å². The van der Waals surface area contributed by atoms with Gasteiger partial charge in [-0.15, -0.1) is 0 Å². The Hall–Kier alpha value is -1.63. The molecule has 10 nitrogen and oxygen atoms in total. The molecule has 7 N–H and O–H groups in total. The summed E-state index contributed by atoms with van der Waals surface area (Å²) in [5.41, 5.74) is 0. The lowest BCUT2D eigenvalue weighted by Gasteiger charge is -2.40. The molecule has 0 saturated carbocycles. The Kier molecular flexibility index (Phi) is 48.9. The summed E-state index contributed by atoms with van der Waals surface area (Å²) in [6, 6.07) is -1.00. The molecular formula is C62H117NO9. The van der Waals surface area contributed by atoms with E-state index in [0.29, 0.717) is 19.3 Å². The first-order valence-corrected chi connectivity index (χ1v) is 30.8. The monoisotopic (exact) mass is 1020 g/mol. The summed E-state index contributed by atoms with van der Waals surface area (Å²) in [6.07, 6.45) is 57.4. The molecule has 1 aliphatic heterocycles. The van der Waals surface area contributed by atoms with Gasteiger partial charge in [-0.05, 0) is 38.5 Å². The number of rotatable bonds is 53. The summed E-state index contributed by atoms with van der Waals surface area (Å²) in [5.74, 6) is -0.628. The Balaban J connectivity index is 2.06. The molecule has 8 atom stereocenters. The third-order valence-electron chi connectivity index (χ3n) is 14.8. The van der Waals surface area contributed by atoms with E-state index in [0.717, 1.165) is 51.4 Å². The lowest BCUT2D eigenvalue weighted by Crippen LogP contribution is -2.60. The number of carbonyl (C=O) groups is 1. The number of allylic oxidation sites excluding steroid dienone is 5. The Morgan fingerprint density at radius 1 is 0.472 bits per heavy atom. The van der Waals surface area contributed by atoms with Gasteiger partial charge in [0.25, 0.3) is 0 Å². The number of unbranched alkanes of at least 4 members (excludes halogenated alkanes) is 38. The van der Waals surface area contributed by atoms with E-state index >= 15 is 0 Å². The zero-order valence-electron chi connectivity index (χ0n) is 46.8. The highest BCUT2D eigenvalue weighted by Gasteiger charge is 2.44. The maximum absolute atomic E-state index is 13.1. The van der Waals surface area contributed by atoms with E-state index in [4.69, 9.17) is 9.47 Å². The minimum atomic E-state index is -1.62. The first kappa shape index (κ1) is 68.4. The lowest BCUT2D eigenvalue weighted by atomic mass is 9.99.